The summed E-state index contributed by atoms with van der Waals surface area (Å²) >= 11 is 0. The highest BCUT2D eigenvalue weighted by atomic mass is 16.5. The van der Waals surface area contributed by atoms with E-state index in [0.717, 1.165) is 38.5 Å². The van der Waals surface area contributed by atoms with Gasteiger partial charge in [0.05, 0.1) is 12.5 Å². The number of Topliss-reactive ketones (excluding diaryl/α,β-unsaturated/α-hetero) is 1. The van der Waals surface area contributed by atoms with Crippen molar-refractivity contribution >= 4 is 11.8 Å². The summed E-state index contributed by atoms with van der Waals surface area (Å²) < 4.78 is 5.19. The summed E-state index contributed by atoms with van der Waals surface area (Å²) in [6.07, 6.45) is 5.31. The molecule has 0 radical (unpaired) electrons. The second-order valence-corrected chi connectivity index (χ2v) is 4.68. The van der Waals surface area contributed by atoms with Crippen LogP contribution in [0.3, 0.4) is 0 Å². The zero-order valence-electron chi connectivity index (χ0n) is 10.3. The van der Waals surface area contributed by atoms with Gasteiger partial charge >= 0.3 is 5.97 Å². The SMILES string of the molecule is CCCCOC(=O)C1CCC(C(C)=O)CC1. The summed E-state index contributed by atoms with van der Waals surface area (Å²) in [6.45, 7) is 4.26. The zero-order valence-corrected chi connectivity index (χ0v) is 10.3. The van der Waals surface area contributed by atoms with E-state index in [0.29, 0.717) is 6.61 Å². The number of esters is 1. The maximum Gasteiger partial charge on any atom is 0.308 e. The number of hydrogen-bond donors (Lipinski definition) is 0. The monoisotopic (exact) mass is 226 g/mol. The molecule has 0 aromatic carbocycles. The van der Waals surface area contributed by atoms with E-state index < -0.39 is 0 Å². The quantitative estimate of drug-likeness (QED) is 0.534. The molecule has 0 unspecified atom stereocenters. The lowest BCUT2D eigenvalue weighted by molar-refractivity contribution is -0.150. The van der Waals surface area contributed by atoms with Gasteiger partial charge in [0.2, 0.25) is 0 Å². The molecule has 92 valence electrons. The molecule has 0 amide bonds. The van der Waals surface area contributed by atoms with Gasteiger partial charge in [-0.3, -0.25) is 9.59 Å². The minimum Gasteiger partial charge on any atom is -0.465 e. The van der Waals surface area contributed by atoms with Crippen LogP contribution in [0.5, 0.6) is 0 Å². The smallest absolute Gasteiger partial charge is 0.308 e. The van der Waals surface area contributed by atoms with Crippen molar-refractivity contribution in [3.8, 4) is 0 Å². The second kappa shape index (κ2) is 6.66. The van der Waals surface area contributed by atoms with Gasteiger partial charge in [0.15, 0.2) is 0 Å². The van der Waals surface area contributed by atoms with E-state index in [9.17, 15) is 9.59 Å². The first-order chi connectivity index (χ1) is 7.65. The molecule has 1 aliphatic rings. The predicted molar refractivity (Wildman–Crippen MR) is 62.0 cm³/mol. The molecule has 1 fully saturated rings. The Labute approximate surface area is 97.5 Å². The van der Waals surface area contributed by atoms with Crippen molar-refractivity contribution in [1.29, 1.82) is 0 Å². The van der Waals surface area contributed by atoms with Gasteiger partial charge in [-0.25, -0.2) is 0 Å². The van der Waals surface area contributed by atoms with Crippen LogP contribution in [-0.2, 0) is 14.3 Å². The fraction of sp³-hybridized carbons (Fsp3) is 0.846. The Morgan fingerprint density at radius 1 is 1.12 bits per heavy atom. The number of rotatable bonds is 5. The van der Waals surface area contributed by atoms with Crippen LogP contribution in [0.25, 0.3) is 0 Å². The summed E-state index contributed by atoms with van der Waals surface area (Å²) in [5.41, 5.74) is 0. The molecule has 0 heterocycles. The first kappa shape index (κ1) is 13.2. The van der Waals surface area contributed by atoms with Gasteiger partial charge in [-0.2, -0.15) is 0 Å². The normalized spacial score (nSPS) is 25.1. The van der Waals surface area contributed by atoms with Gasteiger partial charge in [-0.1, -0.05) is 13.3 Å². The largest absolute Gasteiger partial charge is 0.465 e. The van der Waals surface area contributed by atoms with Gasteiger partial charge in [-0.15, -0.1) is 0 Å². The Balaban J connectivity index is 2.25. The van der Waals surface area contributed by atoms with Crippen LogP contribution < -0.4 is 0 Å². The minimum absolute atomic E-state index is 0.0347. The summed E-state index contributed by atoms with van der Waals surface area (Å²) in [5.74, 6) is 0.417. The van der Waals surface area contributed by atoms with Crippen molar-refractivity contribution in [2.45, 2.75) is 52.4 Å². The number of carbonyl (C=O) groups is 2. The summed E-state index contributed by atoms with van der Waals surface area (Å²) in [6, 6.07) is 0. The zero-order chi connectivity index (χ0) is 12.0. The molecule has 1 aliphatic carbocycles. The highest BCUT2D eigenvalue weighted by Crippen LogP contribution is 2.30. The maximum absolute atomic E-state index is 11.6. The topological polar surface area (TPSA) is 43.4 Å². The van der Waals surface area contributed by atoms with Crippen molar-refractivity contribution in [2.24, 2.45) is 11.8 Å². The molecule has 0 spiro atoms. The Morgan fingerprint density at radius 2 is 1.69 bits per heavy atom. The number of hydrogen-bond acceptors (Lipinski definition) is 3. The van der Waals surface area contributed by atoms with Crippen LogP contribution in [0.15, 0.2) is 0 Å². The van der Waals surface area contributed by atoms with Gasteiger partial charge < -0.3 is 4.74 Å². The maximum atomic E-state index is 11.6. The lowest BCUT2D eigenvalue weighted by atomic mass is 9.80. The van der Waals surface area contributed by atoms with Crippen molar-refractivity contribution in [1.82, 2.24) is 0 Å². The van der Waals surface area contributed by atoms with Crippen LogP contribution in [0.1, 0.15) is 52.4 Å². The molecule has 1 saturated carbocycles. The third-order valence-electron chi connectivity index (χ3n) is 3.38. The molecule has 0 aliphatic heterocycles. The highest BCUT2D eigenvalue weighted by Gasteiger charge is 2.28. The summed E-state index contributed by atoms with van der Waals surface area (Å²) in [4.78, 5) is 22.8. The van der Waals surface area contributed by atoms with Gasteiger partial charge in [0.25, 0.3) is 0 Å². The Hall–Kier alpha value is -0.860. The van der Waals surface area contributed by atoms with Crippen LogP contribution >= 0.6 is 0 Å². The molecule has 16 heavy (non-hydrogen) atoms. The van der Waals surface area contributed by atoms with Crippen molar-refractivity contribution in [3.05, 3.63) is 0 Å². The Morgan fingerprint density at radius 3 is 2.19 bits per heavy atom. The molecule has 0 N–H and O–H groups in total. The number of unbranched alkanes of at least 4 members (excludes halogenated alkanes) is 1. The summed E-state index contributed by atoms with van der Waals surface area (Å²) in [7, 11) is 0. The van der Waals surface area contributed by atoms with Gasteiger partial charge in [-0.05, 0) is 39.0 Å². The lowest BCUT2D eigenvalue weighted by Gasteiger charge is -2.25. The predicted octanol–water partition coefficient (Wildman–Crippen LogP) is 2.73. The average Bonchev–Trinajstić information content (AvgIpc) is 2.29. The van der Waals surface area contributed by atoms with E-state index in [1.165, 1.54) is 0 Å². The number of ether oxygens (including phenoxy) is 1. The lowest BCUT2D eigenvalue weighted by Crippen LogP contribution is -2.26. The molecule has 3 nitrogen and oxygen atoms in total. The third-order valence-corrected chi connectivity index (χ3v) is 3.38. The van der Waals surface area contributed by atoms with E-state index in [1.807, 2.05) is 0 Å². The second-order valence-electron chi connectivity index (χ2n) is 4.68. The number of ketones is 1. The molecule has 0 aromatic rings. The third kappa shape index (κ3) is 3.95. The van der Waals surface area contributed by atoms with E-state index in [4.69, 9.17) is 4.74 Å². The minimum atomic E-state index is -0.0598. The molecule has 0 bridgehead atoms. The average molecular weight is 226 g/mol. The van der Waals surface area contributed by atoms with Crippen molar-refractivity contribution < 1.29 is 14.3 Å². The van der Waals surface area contributed by atoms with Crippen molar-refractivity contribution in [3.63, 3.8) is 0 Å². The highest BCUT2D eigenvalue weighted by molar-refractivity contribution is 5.79. The molecule has 0 aromatic heterocycles. The van der Waals surface area contributed by atoms with Crippen LogP contribution in [-0.4, -0.2) is 18.4 Å². The standard InChI is InChI=1S/C13H22O3/c1-3-4-9-16-13(15)12-7-5-11(6-8-12)10(2)14/h11-12H,3-9H2,1-2H3. The molecular formula is C13H22O3. The molecule has 1 rings (SSSR count). The fourth-order valence-electron chi connectivity index (χ4n) is 2.17. The van der Waals surface area contributed by atoms with Gasteiger partial charge in [0.1, 0.15) is 5.78 Å². The molecular weight excluding hydrogens is 204 g/mol. The Bertz CT molecular complexity index is 240. The molecule has 0 atom stereocenters. The summed E-state index contributed by atoms with van der Waals surface area (Å²) in [5, 5.41) is 0. The molecule has 0 saturated heterocycles. The van der Waals surface area contributed by atoms with Crippen LogP contribution in [0, 0.1) is 11.8 Å². The van der Waals surface area contributed by atoms with Crippen LogP contribution in [0.4, 0.5) is 0 Å². The fourth-order valence-corrected chi connectivity index (χ4v) is 2.17. The van der Waals surface area contributed by atoms with E-state index in [-0.39, 0.29) is 23.6 Å². The van der Waals surface area contributed by atoms with E-state index in [1.54, 1.807) is 6.92 Å². The van der Waals surface area contributed by atoms with Gasteiger partial charge in [0, 0.05) is 5.92 Å². The van der Waals surface area contributed by atoms with Crippen LogP contribution in [0.2, 0.25) is 0 Å². The van der Waals surface area contributed by atoms with E-state index >= 15 is 0 Å². The molecule has 3 heteroatoms. The van der Waals surface area contributed by atoms with Crippen molar-refractivity contribution in [2.75, 3.05) is 6.61 Å². The van der Waals surface area contributed by atoms with E-state index in [2.05, 4.69) is 6.92 Å². The number of carbonyl (C=O) groups excluding carboxylic acids is 2. The first-order valence-electron chi connectivity index (χ1n) is 6.32. The first-order valence-corrected chi connectivity index (χ1v) is 6.32. The Kier molecular flexibility index (Phi) is 5.50.